The summed E-state index contributed by atoms with van der Waals surface area (Å²) in [4.78, 5) is 41.4. The summed E-state index contributed by atoms with van der Waals surface area (Å²) in [5.41, 5.74) is 6.00. The van der Waals surface area contributed by atoms with Gasteiger partial charge in [0.25, 0.3) is 11.5 Å². The maximum atomic E-state index is 12.8. The Bertz CT molecular complexity index is 1130. The number of thioether (sulfide) groups is 1. The maximum absolute atomic E-state index is 12.8. The normalized spacial score (nSPS) is 12.1. The number of nitrogens with one attached hydrogen (secondary N) is 1. The molecule has 0 aliphatic heterocycles. The number of hydrogen-bond donors (Lipinski definition) is 2. The summed E-state index contributed by atoms with van der Waals surface area (Å²) in [6.45, 7) is 4.00. The number of aromatic nitrogens is 2. The predicted molar refractivity (Wildman–Crippen MR) is 116 cm³/mol. The Labute approximate surface area is 177 Å². The molecule has 0 aliphatic rings. The molecule has 3 rings (SSSR count). The van der Waals surface area contributed by atoms with E-state index in [1.165, 1.54) is 23.1 Å². The van der Waals surface area contributed by atoms with Crippen LogP contribution >= 0.6 is 39.0 Å². The molecule has 1 aromatic carbocycles. The summed E-state index contributed by atoms with van der Waals surface area (Å²) in [6.07, 6.45) is 0. The average molecular weight is 481 g/mol. The van der Waals surface area contributed by atoms with Gasteiger partial charge in [0, 0.05) is 11.0 Å². The second kappa shape index (κ2) is 8.46. The first-order chi connectivity index (χ1) is 13.3. The number of primary amides is 1. The number of anilines is 1. The molecule has 2 aromatic heterocycles. The number of carbonyl (C=O) groups is 2. The summed E-state index contributed by atoms with van der Waals surface area (Å²) >= 11 is 5.78. The van der Waals surface area contributed by atoms with E-state index >= 15 is 0 Å². The molecule has 0 aliphatic carbocycles. The Morgan fingerprint density at radius 3 is 2.82 bits per heavy atom. The van der Waals surface area contributed by atoms with E-state index in [1.54, 1.807) is 35.1 Å². The zero-order valence-corrected chi connectivity index (χ0v) is 18.3. The third-order valence-electron chi connectivity index (χ3n) is 4.02. The number of hydrogen-bond acceptors (Lipinski definition) is 6. The van der Waals surface area contributed by atoms with Gasteiger partial charge in [-0.25, -0.2) is 4.98 Å². The summed E-state index contributed by atoms with van der Waals surface area (Å²) in [5, 5.41) is 5.26. The molecule has 0 saturated carbocycles. The molecule has 10 heteroatoms. The van der Waals surface area contributed by atoms with Crippen molar-refractivity contribution in [2.24, 2.45) is 5.73 Å². The molecule has 0 bridgehead atoms. The molecular weight excluding hydrogens is 464 g/mol. The average Bonchev–Trinajstić information content (AvgIpc) is 3.11. The van der Waals surface area contributed by atoms with Gasteiger partial charge < -0.3 is 11.1 Å². The first-order valence-electron chi connectivity index (χ1n) is 8.36. The minimum atomic E-state index is -0.598. The van der Waals surface area contributed by atoms with Gasteiger partial charge >= 0.3 is 0 Å². The Morgan fingerprint density at radius 2 is 2.14 bits per heavy atom. The molecule has 1 atom stereocenters. The van der Waals surface area contributed by atoms with Crippen LogP contribution in [0.15, 0.2) is 44.1 Å². The van der Waals surface area contributed by atoms with Gasteiger partial charge in [-0.2, -0.15) is 0 Å². The monoisotopic (exact) mass is 480 g/mol. The number of nitrogens with two attached hydrogens (primary N) is 1. The fourth-order valence-electron chi connectivity index (χ4n) is 2.57. The van der Waals surface area contributed by atoms with E-state index in [4.69, 9.17) is 5.73 Å². The molecule has 0 radical (unpaired) electrons. The summed E-state index contributed by atoms with van der Waals surface area (Å²) in [7, 11) is 0. The quantitative estimate of drug-likeness (QED) is 0.414. The van der Waals surface area contributed by atoms with E-state index < -0.39 is 11.2 Å². The van der Waals surface area contributed by atoms with Gasteiger partial charge in [0.1, 0.15) is 5.00 Å². The van der Waals surface area contributed by atoms with Gasteiger partial charge in [-0.15, -0.1) is 11.3 Å². The predicted octanol–water partition coefficient (Wildman–Crippen LogP) is 3.46. The first-order valence-corrected chi connectivity index (χ1v) is 10.9. The van der Waals surface area contributed by atoms with Crippen molar-refractivity contribution in [2.75, 3.05) is 5.32 Å². The van der Waals surface area contributed by atoms with Crippen LogP contribution in [0.5, 0.6) is 0 Å². The van der Waals surface area contributed by atoms with Crippen LogP contribution in [0.4, 0.5) is 5.00 Å². The van der Waals surface area contributed by atoms with Crippen molar-refractivity contribution < 1.29 is 9.59 Å². The second-order valence-electron chi connectivity index (χ2n) is 5.88. The molecule has 3 N–H and O–H groups in total. The van der Waals surface area contributed by atoms with Crippen molar-refractivity contribution in [1.29, 1.82) is 0 Å². The fraction of sp³-hybridized carbons (Fsp3) is 0.222. The fourth-order valence-corrected chi connectivity index (χ4v) is 4.70. The van der Waals surface area contributed by atoms with Crippen molar-refractivity contribution in [2.45, 2.75) is 30.8 Å². The Hall–Kier alpha value is -2.17. The zero-order valence-electron chi connectivity index (χ0n) is 15.1. The lowest BCUT2D eigenvalue weighted by Crippen LogP contribution is -2.27. The number of halogens is 1. The summed E-state index contributed by atoms with van der Waals surface area (Å²) in [5.74, 6) is -0.901. The zero-order chi connectivity index (χ0) is 20.4. The number of thiophene rings is 1. The molecule has 7 nitrogen and oxygen atoms in total. The van der Waals surface area contributed by atoms with Gasteiger partial charge in [-0.1, -0.05) is 27.7 Å². The number of benzene rings is 1. The standard InChI is InChI=1S/C18H17BrN4O3S2/c1-3-23-17(26)12-8-10(19)4-5-13(12)21-18(23)28-9(2)15(25)22-16-11(14(20)24)6-7-27-16/h4-9H,3H2,1-2H3,(H2,20,24)(H,22,25)/t9-/m0/s1. The number of nitrogens with zero attached hydrogens (tertiary/aromatic N) is 2. The Kier molecular flexibility index (Phi) is 6.21. The highest BCUT2D eigenvalue weighted by Crippen LogP contribution is 2.27. The van der Waals surface area contributed by atoms with Crippen LogP contribution < -0.4 is 16.6 Å². The van der Waals surface area contributed by atoms with Crippen LogP contribution in [0.2, 0.25) is 0 Å². The second-order valence-corrected chi connectivity index (χ2v) is 9.02. The van der Waals surface area contributed by atoms with Gasteiger partial charge in [-0.05, 0) is 43.5 Å². The Balaban J connectivity index is 1.88. The number of rotatable bonds is 6. The molecule has 146 valence electrons. The number of fused-ring (bicyclic) bond motifs is 1. The number of carbonyl (C=O) groups excluding carboxylic acids is 2. The van der Waals surface area contributed by atoms with E-state index in [2.05, 4.69) is 26.2 Å². The van der Waals surface area contributed by atoms with E-state index in [0.29, 0.717) is 27.6 Å². The highest BCUT2D eigenvalue weighted by Gasteiger charge is 2.21. The highest BCUT2D eigenvalue weighted by molar-refractivity contribution is 9.10. The minimum absolute atomic E-state index is 0.154. The van der Waals surface area contributed by atoms with Crippen molar-refractivity contribution in [3.8, 4) is 0 Å². The van der Waals surface area contributed by atoms with Gasteiger partial charge in [0.2, 0.25) is 5.91 Å². The largest absolute Gasteiger partial charge is 0.366 e. The van der Waals surface area contributed by atoms with Crippen LogP contribution in [0.3, 0.4) is 0 Å². The lowest BCUT2D eigenvalue weighted by atomic mass is 10.2. The Morgan fingerprint density at radius 1 is 1.39 bits per heavy atom. The van der Waals surface area contributed by atoms with Crippen LogP contribution in [-0.4, -0.2) is 26.6 Å². The molecular formula is C18H17BrN4O3S2. The van der Waals surface area contributed by atoms with Gasteiger partial charge in [0.15, 0.2) is 5.16 Å². The third-order valence-corrected chi connectivity index (χ3v) is 6.43. The molecule has 0 unspecified atom stereocenters. The molecule has 28 heavy (non-hydrogen) atoms. The smallest absolute Gasteiger partial charge is 0.262 e. The molecule has 3 aromatic rings. The first kappa shape index (κ1) is 20.6. The highest BCUT2D eigenvalue weighted by atomic mass is 79.9. The van der Waals surface area contributed by atoms with E-state index in [0.717, 1.165) is 4.47 Å². The van der Waals surface area contributed by atoms with E-state index in [1.807, 2.05) is 13.0 Å². The van der Waals surface area contributed by atoms with Crippen LogP contribution in [0.25, 0.3) is 10.9 Å². The third kappa shape index (κ3) is 4.13. The lowest BCUT2D eigenvalue weighted by Gasteiger charge is -2.15. The van der Waals surface area contributed by atoms with Gasteiger partial charge in [-0.3, -0.25) is 19.0 Å². The molecule has 2 amide bonds. The molecule has 0 spiro atoms. The van der Waals surface area contributed by atoms with Crippen molar-refractivity contribution >= 4 is 66.7 Å². The van der Waals surface area contributed by atoms with Crippen LogP contribution in [0.1, 0.15) is 24.2 Å². The molecule has 2 heterocycles. The van der Waals surface area contributed by atoms with Crippen molar-refractivity contribution in [3.05, 3.63) is 50.0 Å². The minimum Gasteiger partial charge on any atom is -0.366 e. The molecule has 0 saturated heterocycles. The lowest BCUT2D eigenvalue weighted by molar-refractivity contribution is -0.115. The van der Waals surface area contributed by atoms with Gasteiger partial charge in [0.05, 0.1) is 21.7 Å². The van der Waals surface area contributed by atoms with Crippen molar-refractivity contribution in [1.82, 2.24) is 9.55 Å². The number of amides is 2. The topological polar surface area (TPSA) is 107 Å². The molecule has 0 fully saturated rings. The summed E-state index contributed by atoms with van der Waals surface area (Å²) in [6, 6.07) is 6.89. The van der Waals surface area contributed by atoms with Crippen LogP contribution in [-0.2, 0) is 11.3 Å². The van der Waals surface area contributed by atoms with Crippen LogP contribution in [0, 0.1) is 0 Å². The van der Waals surface area contributed by atoms with Crippen molar-refractivity contribution in [3.63, 3.8) is 0 Å². The SMILES string of the molecule is CCn1c(S[C@@H](C)C(=O)Nc2sccc2C(N)=O)nc2ccc(Br)cc2c1=O. The maximum Gasteiger partial charge on any atom is 0.262 e. The van der Waals surface area contributed by atoms with E-state index in [-0.39, 0.29) is 17.0 Å². The summed E-state index contributed by atoms with van der Waals surface area (Å²) < 4.78 is 2.35. The van der Waals surface area contributed by atoms with E-state index in [9.17, 15) is 14.4 Å².